The standard InChI is InChI=1S/C22H28IN5O3S/c1-4-27(2)12-16-11-20-17(24-16)5-6-18(25-20)19-9-15(14-32(3,29)30)10-22(26-19)28-7-8-31-13-21(28)23/h5-6,9-11,21,24H,4,7-8,12-14H2,1-3H3/t21-/m1/s1. The lowest BCUT2D eigenvalue weighted by atomic mass is 10.1. The molecule has 3 aromatic heterocycles. The fourth-order valence-corrected chi connectivity index (χ4v) is 5.35. The molecule has 3 aromatic rings. The molecule has 0 aliphatic carbocycles. The largest absolute Gasteiger partial charge is 0.377 e. The molecule has 1 saturated heterocycles. The molecule has 1 fully saturated rings. The second-order valence-electron chi connectivity index (χ2n) is 8.25. The number of ether oxygens (including phenoxy) is 1. The maximum Gasteiger partial charge on any atom is 0.151 e. The van der Waals surface area contributed by atoms with Gasteiger partial charge in [-0.3, -0.25) is 0 Å². The quantitative estimate of drug-likeness (QED) is 0.266. The van der Waals surface area contributed by atoms with Crippen LogP contribution in [0.25, 0.3) is 22.4 Å². The summed E-state index contributed by atoms with van der Waals surface area (Å²) in [5.74, 6) is 0.719. The van der Waals surface area contributed by atoms with Crippen molar-refractivity contribution < 1.29 is 13.2 Å². The van der Waals surface area contributed by atoms with Gasteiger partial charge in [-0.2, -0.15) is 0 Å². The van der Waals surface area contributed by atoms with Gasteiger partial charge in [-0.1, -0.05) is 29.5 Å². The lowest BCUT2D eigenvalue weighted by molar-refractivity contribution is 0.118. The fourth-order valence-electron chi connectivity index (χ4n) is 3.76. The van der Waals surface area contributed by atoms with E-state index in [-0.39, 0.29) is 9.80 Å². The average Bonchev–Trinajstić information content (AvgIpc) is 3.13. The molecule has 0 amide bonds. The lowest BCUT2D eigenvalue weighted by Gasteiger charge is -2.33. The van der Waals surface area contributed by atoms with Crippen LogP contribution in [0.5, 0.6) is 0 Å². The van der Waals surface area contributed by atoms with E-state index in [9.17, 15) is 8.42 Å². The zero-order valence-electron chi connectivity index (χ0n) is 18.5. The number of rotatable bonds is 7. The van der Waals surface area contributed by atoms with Gasteiger partial charge in [0.1, 0.15) is 9.87 Å². The van der Waals surface area contributed by atoms with Crippen molar-refractivity contribution in [2.24, 2.45) is 0 Å². The highest BCUT2D eigenvalue weighted by molar-refractivity contribution is 14.1. The van der Waals surface area contributed by atoms with Crippen LogP contribution in [-0.4, -0.2) is 71.9 Å². The molecule has 1 atom stereocenters. The third-order valence-electron chi connectivity index (χ3n) is 5.44. The normalized spacial score (nSPS) is 17.4. The Kier molecular flexibility index (Phi) is 7.03. The molecular formula is C22H28IN5O3S. The number of sulfone groups is 1. The highest BCUT2D eigenvalue weighted by Crippen LogP contribution is 2.28. The number of pyridine rings is 2. The van der Waals surface area contributed by atoms with Crippen molar-refractivity contribution in [3.05, 3.63) is 41.6 Å². The number of fused-ring (bicyclic) bond motifs is 1. The van der Waals surface area contributed by atoms with Crippen molar-refractivity contribution in [3.63, 3.8) is 0 Å². The summed E-state index contributed by atoms with van der Waals surface area (Å²) in [6.45, 7) is 5.85. The first-order chi connectivity index (χ1) is 15.2. The van der Waals surface area contributed by atoms with E-state index in [1.165, 1.54) is 6.26 Å². The first-order valence-electron chi connectivity index (χ1n) is 10.6. The molecule has 0 unspecified atom stereocenters. The molecule has 4 rings (SSSR count). The number of hydrogen-bond donors (Lipinski definition) is 1. The first kappa shape index (κ1) is 23.4. The molecule has 0 spiro atoms. The van der Waals surface area contributed by atoms with E-state index in [1.54, 1.807) is 0 Å². The summed E-state index contributed by atoms with van der Waals surface area (Å²) in [7, 11) is -1.11. The summed E-state index contributed by atoms with van der Waals surface area (Å²) in [4.78, 5) is 17.5. The molecule has 1 aliphatic rings. The van der Waals surface area contributed by atoms with Gasteiger partial charge in [0.05, 0.1) is 41.4 Å². The van der Waals surface area contributed by atoms with Crippen LogP contribution in [0.2, 0.25) is 0 Å². The Hall–Kier alpha value is -1.76. The number of hydrogen-bond acceptors (Lipinski definition) is 7. The zero-order valence-corrected chi connectivity index (χ0v) is 21.5. The van der Waals surface area contributed by atoms with Crippen molar-refractivity contribution in [1.29, 1.82) is 0 Å². The molecule has 4 heterocycles. The summed E-state index contributed by atoms with van der Waals surface area (Å²) >= 11 is 2.33. The summed E-state index contributed by atoms with van der Waals surface area (Å²) < 4.78 is 29.7. The van der Waals surface area contributed by atoms with Gasteiger partial charge in [-0.25, -0.2) is 18.4 Å². The topological polar surface area (TPSA) is 91.4 Å². The predicted molar refractivity (Wildman–Crippen MR) is 136 cm³/mol. The van der Waals surface area contributed by atoms with E-state index in [4.69, 9.17) is 14.7 Å². The Morgan fingerprint density at radius 2 is 2.06 bits per heavy atom. The monoisotopic (exact) mass is 569 g/mol. The molecule has 10 heteroatoms. The molecule has 1 N–H and O–H groups in total. The molecule has 0 aromatic carbocycles. The van der Waals surface area contributed by atoms with Gasteiger partial charge in [0.25, 0.3) is 0 Å². The minimum absolute atomic E-state index is 0.0360. The molecule has 1 aliphatic heterocycles. The number of halogens is 1. The van der Waals surface area contributed by atoms with Crippen molar-refractivity contribution >= 4 is 49.3 Å². The van der Waals surface area contributed by atoms with E-state index < -0.39 is 9.84 Å². The number of nitrogens with zero attached hydrogens (tertiary/aromatic N) is 4. The van der Waals surface area contributed by atoms with Crippen LogP contribution in [0, 0.1) is 0 Å². The van der Waals surface area contributed by atoms with Crippen LogP contribution in [0.15, 0.2) is 30.3 Å². The summed E-state index contributed by atoms with van der Waals surface area (Å²) in [5, 5.41) is 0. The number of morpholine rings is 1. The average molecular weight is 569 g/mol. The van der Waals surface area contributed by atoms with Crippen LogP contribution in [0.4, 0.5) is 5.82 Å². The minimum Gasteiger partial charge on any atom is -0.377 e. The van der Waals surface area contributed by atoms with Crippen LogP contribution >= 0.6 is 22.6 Å². The second-order valence-corrected chi connectivity index (χ2v) is 11.8. The maximum atomic E-state index is 12.0. The summed E-state index contributed by atoms with van der Waals surface area (Å²) in [6.07, 6.45) is 1.25. The Morgan fingerprint density at radius 3 is 2.78 bits per heavy atom. The molecule has 8 nitrogen and oxygen atoms in total. The highest BCUT2D eigenvalue weighted by atomic mass is 127. The van der Waals surface area contributed by atoms with E-state index in [1.807, 2.05) is 24.3 Å². The van der Waals surface area contributed by atoms with Crippen LogP contribution in [-0.2, 0) is 26.9 Å². The van der Waals surface area contributed by atoms with Gasteiger partial charge in [-0.15, -0.1) is 0 Å². The smallest absolute Gasteiger partial charge is 0.151 e. The van der Waals surface area contributed by atoms with Crippen LogP contribution in [0.1, 0.15) is 18.2 Å². The first-order valence-corrected chi connectivity index (χ1v) is 13.9. The Bertz CT molecular complexity index is 1210. The Morgan fingerprint density at radius 1 is 1.25 bits per heavy atom. The molecular weight excluding hydrogens is 541 g/mol. The van der Waals surface area contributed by atoms with Crippen LogP contribution < -0.4 is 4.90 Å². The Balaban J connectivity index is 1.74. The summed E-state index contributed by atoms with van der Waals surface area (Å²) in [5.41, 5.74) is 5.06. The molecule has 32 heavy (non-hydrogen) atoms. The van der Waals surface area contributed by atoms with Crippen LogP contribution in [0.3, 0.4) is 0 Å². The predicted octanol–water partition coefficient (Wildman–Crippen LogP) is 3.22. The second kappa shape index (κ2) is 9.62. The van der Waals surface area contributed by atoms with Gasteiger partial charge in [0, 0.05) is 25.0 Å². The number of H-pyrrole nitrogens is 1. The SMILES string of the molecule is CCN(C)Cc1cc2nc(-c3cc(CS(C)(=O)=O)cc(N4CCOC[C@@H]4I)n3)ccc2[nH]1. The van der Waals surface area contributed by atoms with Gasteiger partial charge in [0.15, 0.2) is 9.84 Å². The van der Waals surface area contributed by atoms with Gasteiger partial charge < -0.3 is 19.5 Å². The van der Waals surface area contributed by atoms with E-state index in [0.717, 1.165) is 41.3 Å². The summed E-state index contributed by atoms with van der Waals surface area (Å²) in [6, 6.07) is 9.71. The highest BCUT2D eigenvalue weighted by Gasteiger charge is 2.23. The minimum atomic E-state index is -3.19. The van der Waals surface area contributed by atoms with Crippen molar-refractivity contribution in [1.82, 2.24) is 19.9 Å². The number of nitrogens with one attached hydrogen (secondary N) is 1. The van der Waals surface area contributed by atoms with Gasteiger partial charge in [-0.05, 0) is 49.5 Å². The Labute approximate surface area is 202 Å². The number of aromatic nitrogens is 3. The van der Waals surface area contributed by atoms with E-state index >= 15 is 0 Å². The number of alkyl halides is 1. The zero-order chi connectivity index (χ0) is 22.9. The fraction of sp³-hybridized carbons (Fsp3) is 0.455. The number of anilines is 1. The van der Waals surface area contributed by atoms with E-state index in [2.05, 4.69) is 57.4 Å². The molecule has 172 valence electrons. The van der Waals surface area contributed by atoms with Crippen molar-refractivity contribution in [2.75, 3.05) is 44.5 Å². The van der Waals surface area contributed by atoms with Crippen molar-refractivity contribution in [3.8, 4) is 11.4 Å². The van der Waals surface area contributed by atoms with E-state index in [0.29, 0.717) is 31.0 Å². The molecule has 0 bridgehead atoms. The molecule has 0 saturated carbocycles. The number of aromatic amines is 1. The van der Waals surface area contributed by atoms with Gasteiger partial charge >= 0.3 is 0 Å². The molecule has 0 radical (unpaired) electrons. The third kappa shape index (κ3) is 5.59. The van der Waals surface area contributed by atoms with Crippen molar-refractivity contribution in [2.45, 2.75) is 23.3 Å². The van der Waals surface area contributed by atoms with Gasteiger partial charge in [0.2, 0.25) is 0 Å². The maximum absolute atomic E-state index is 12.0. The third-order valence-corrected chi connectivity index (χ3v) is 7.33. The lowest BCUT2D eigenvalue weighted by Crippen LogP contribution is -2.42.